The van der Waals surface area contributed by atoms with Crippen LogP contribution in [0.2, 0.25) is 0 Å². The average molecular weight is 234 g/mol. The van der Waals surface area contributed by atoms with Gasteiger partial charge in [-0.15, -0.1) is 0 Å². The van der Waals surface area contributed by atoms with Gasteiger partial charge in [-0.1, -0.05) is 0 Å². The number of carbonyl (C=O) groups excluding carboxylic acids is 1. The van der Waals surface area contributed by atoms with E-state index in [0.717, 1.165) is 0 Å². The molecule has 0 saturated heterocycles. The number of hydrogen-bond donors (Lipinski definition) is 0. The van der Waals surface area contributed by atoms with E-state index in [0.29, 0.717) is 12.1 Å². The van der Waals surface area contributed by atoms with Crippen LogP contribution in [0.25, 0.3) is 0 Å². The molecule has 0 aliphatic rings. The third kappa shape index (κ3) is 4.33. The van der Waals surface area contributed by atoms with Gasteiger partial charge in [0.05, 0.1) is 18.5 Å². The van der Waals surface area contributed by atoms with Gasteiger partial charge in [0.15, 0.2) is 5.78 Å². The van der Waals surface area contributed by atoms with Gasteiger partial charge in [0, 0.05) is 12.1 Å². The summed E-state index contributed by atoms with van der Waals surface area (Å²) >= 11 is 0. The van der Waals surface area contributed by atoms with E-state index in [2.05, 4.69) is 6.07 Å². The van der Waals surface area contributed by atoms with Gasteiger partial charge in [-0.2, -0.15) is 5.26 Å². The molecule has 1 unspecified atom stereocenters. The Labute approximate surface area is 100 Å². The highest BCUT2D eigenvalue weighted by Crippen LogP contribution is 2.05. The summed E-state index contributed by atoms with van der Waals surface area (Å²) in [7, 11) is 1.79. The van der Waals surface area contributed by atoms with Crippen molar-refractivity contribution in [3.63, 3.8) is 0 Å². The van der Waals surface area contributed by atoms with Crippen molar-refractivity contribution in [1.82, 2.24) is 4.90 Å². The molecule has 0 radical (unpaired) electrons. The third-order valence-corrected chi connectivity index (χ3v) is 2.39. The van der Waals surface area contributed by atoms with E-state index in [1.807, 2.05) is 0 Å². The number of rotatable bonds is 5. The van der Waals surface area contributed by atoms with Gasteiger partial charge < -0.3 is 0 Å². The van der Waals surface area contributed by atoms with Crippen molar-refractivity contribution in [2.45, 2.75) is 6.92 Å². The van der Waals surface area contributed by atoms with Crippen molar-refractivity contribution < 1.29 is 9.18 Å². The molecule has 0 aromatic heterocycles. The molecule has 0 aliphatic heterocycles. The van der Waals surface area contributed by atoms with Crippen LogP contribution < -0.4 is 0 Å². The molecular formula is C13H15FN2O. The molecule has 1 aromatic rings. The Morgan fingerprint density at radius 3 is 2.59 bits per heavy atom. The van der Waals surface area contributed by atoms with E-state index >= 15 is 0 Å². The predicted molar refractivity (Wildman–Crippen MR) is 63.0 cm³/mol. The molecule has 0 aliphatic carbocycles. The lowest BCUT2D eigenvalue weighted by Crippen LogP contribution is -2.29. The average Bonchev–Trinajstić information content (AvgIpc) is 2.29. The Balaban J connectivity index is 2.55. The number of ketones is 1. The number of hydrogen-bond acceptors (Lipinski definition) is 3. The maximum absolute atomic E-state index is 12.7. The van der Waals surface area contributed by atoms with Crippen LogP contribution in [0.4, 0.5) is 4.39 Å². The maximum atomic E-state index is 12.7. The third-order valence-electron chi connectivity index (χ3n) is 2.39. The van der Waals surface area contributed by atoms with E-state index in [9.17, 15) is 9.18 Å². The summed E-state index contributed by atoms with van der Waals surface area (Å²) in [6.45, 7) is 2.58. The normalized spacial score (nSPS) is 12.2. The first-order valence-corrected chi connectivity index (χ1v) is 5.40. The van der Waals surface area contributed by atoms with Gasteiger partial charge in [0.2, 0.25) is 0 Å². The number of likely N-dealkylation sites (N-methyl/N-ethyl adjacent to an activating group) is 1. The molecule has 4 heteroatoms. The van der Waals surface area contributed by atoms with Crippen molar-refractivity contribution >= 4 is 5.78 Å². The Hall–Kier alpha value is -1.73. The molecule has 0 N–H and O–H groups in total. The molecular weight excluding hydrogens is 219 g/mol. The second-order valence-electron chi connectivity index (χ2n) is 4.16. The minimum absolute atomic E-state index is 0.0716. The van der Waals surface area contributed by atoms with Crippen molar-refractivity contribution in [1.29, 1.82) is 5.26 Å². The van der Waals surface area contributed by atoms with Crippen LogP contribution in [0.15, 0.2) is 24.3 Å². The Morgan fingerprint density at radius 2 is 2.06 bits per heavy atom. The lowest BCUT2D eigenvalue weighted by Gasteiger charge is -2.16. The summed E-state index contributed by atoms with van der Waals surface area (Å²) in [5.41, 5.74) is 0.489. The molecule has 0 bridgehead atoms. The van der Waals surface area contributed by atoms with E-state index in [1.165, 1.54) is 24.3 Å². The molecule has 0 spiro atoms. The van der Waals surface area contributed by atoms with Crippen LogP contribution in [-0.4, -0.2) is 30.8 Å². The first-order chi connectivity index (χ1) is 8.02. The zero-order valence-corrected chi connectivity index (χ0v) is 9.98. The molecule has 1 rings (SSSR count). The molecule has 0 fully saturated rings. The first kappa shape index (κ1) is 13.3. The zero-order chi connectivity index (χ0) is 12.8. The van der Waals surface area contributed by atoms with E-state index in [4.69, 9.17) is 5.26 Å². The second-order valence-corrected chi connectivity index (χ2v) is 4.16. The molecule has 0 saturated carbocycles. The molecule has 90 valence electrons. The largest absolute Gasteiger partial charge is 0.298 e. The zero-order valence-electron chi connectivity index (χ0n) is 9.98. The van der Waals surface area contributed by atoms with Crippen LogP contribution in [-0.2, 0) is 0 Å². The summed E-state index contributed by atoms with van der Waals surface area (Å²) in [5.74, 6) is -0.535. The molecule has 0 heterocycles. The summed E-state index contributed by atoms with van der Waals surface area (Å²) in [5, 5.41) is 8.66. The summed E-state index contributed by atoms with van der Waals surface area (Å²) < 4.78 is 12.7. The Kier molecular flexibility index (Phi) is 4.80. The van der Waals surface area contributed by atoms with Gasteiger partial charge in [0.1, 0.15) is 5.82 Å². The number of benzene rings is 1. The number of nitriles is 1. The Bertz CT molecular complexity index is 422. The van der Waals surface area contributed by atoms with Crippen molar-refractivity contribution in [3.05, 3.63) is 35.6 Å². The highest BCUT2D eigenvalue weighted by atomic mass is 19.1. The minimum atomic E-state index is -0.354. The van der Waals surface area contributed by atoms with Gasteiger partial charge in [0.25, 0.3) is 0 Å². The summed E-state index contributed by atoms with van der Waals surface area (Å²) in [4.78, 5) is 13.6. The number of halogens is 1. The molecule has 3 nitrogen and oxygen atoms in total. The standard InChI is InChI=1S/C13H15FN2O/c1-10(7-15)8-16(2)9-13(17)11-3-5-12(14)6-4-11/h3-6,10H,8-9H2,1-2H3. The topological polar surface area (TPSA) is 44.1 Å². The fraction of sp³-hybridized carbons (Fsp3) is 0.385. The van der Waals surface area contributed by atoms with Crippen LogP contribution in [0, 0.1) is 23.1 Å². The molecule has 0 amide bonds. The lowest BCUT2D eigenvalue weighted by atomic mass is 10.1. The van der Waals surface area contributed by atoms with Gasteiger partial charge in [-0.05, 0) is 38.2 Å². The first-order valence-electron chi connectivity index (χ1n) is 5.40. The highest BCUT2D eigenvalue weighted by molar-refractivity contribution is 5.97. The monoisotopic (exact) mass is 234 g/mol. The SMILES string of the molecule is CC(C#N)CN(C)CC(=O)c1ccc(F)cc1. The van der Waals surface area contributed by atoms with Crippen LogP contribution >= 0.6 is 0 Å². The number of carbonyl (C=O) groups is 1. The number of nitrogens with zero attached hydrogens (tertiary/aromatic N) is 2. The van der Waals surface area contributed by atoms with Gasteiger partial charge in [-0.25, -0.2) is 4.39 Å². The minimum Gasteiger partial charge on any atom is -0.298 e. The Morgan fingerprint density at radius 1 is 1.47 bits per heavy atom. The van der Waals surface area contributed by atoms with Crippen molar-refractivity contribution in [3.8, 4) is 6.07 Å². The van der Waals surface area contributed by atoms with Gasteiger partial charge in [-0.3, -0.25) is 9.69 Å². The molecule has 17 heavy (non-hydrogen) atoms. The van der Waals surface area contributed by atoms with Gasteiger partial charge >= 0.3 is 0 Å². The van der Waals surface area contributed by atoms with Crippen molar-refractivity contribution in [2.75, 3.05) is 20.1 Å². The lowest BCUT2D eigenvalue weighted by molar-refractivity contribution is 0.0942. The smallest absolute Gasteiger partial charge is 0.176 e. The predicted octanol–water partition coefficient (Wildman–Crippen LogP) is 2.10. The highest BCUT2D eigenvalue weighted by Gasteiger charge is 2.11. The fourth-order valence-corrected chi connectivity index (χ4v) is 1.55. The van der Waals surface area contributed by atoms with E-state index < -0.39 is 0 Å². The quantitative estimate of drug-likeness (QED) is 0.733. The summed E-state index contributed by atoms with van der Waals surface area (Å²) in [6, 6.07) is 7.59. The fourth-order valence-electron chi connectivity index (χ4n) is 1.55. The number of Topliss-reactive ketones (excluding diaryl/α,β-unsaturated/α-hetero) is 1. The van der Waals surface area contributed by atoms with Crippen LogP contribution in [0.3, 0.4) is 0 Å². The summed E-state index contributed by atoms with van der Waals surface area (Å²) in [6.07, 6.45) is 0. The van der Waals surface area contributed by atoms with Crippen molar-refractivity contribution in [2.24, 2.45) is 5.92 Å². The van der Waals surface area contributed by atoms with E-state index in [-0.39, 0.29) is 24.1 Å². The van der Waals surface area contributed by atoms with E-state index in [1.54, 1.807) is 18.9 Å². The van der Waals surface area contributed by atoms with Crippen LogP contribution in [0.1, 0.15) is 17.3 Å². The van der Waals surface area contributed by atoms with Crippen LogP contribution in [0.5, 0.6) is 0 Å². The molecule has 1 atom stereocenters. The second kappa shape index (κ2) is 6.12. The molecule has 1 aromatic carbocycles. The maximum Gasteiger partial charge on any atom is 0.176 e.